The standard InChI is InChI=1S/C15H23F2NO3/c1-13(2,3)21-12(20)18-10-4-5-11(19)14(18)6-8-15(16,17)9-7-14/h4-10H2,1-3H3. The summed E-state index contributed by atoms with van der Waals surface area (Å²) in [5.41, 5.74) is -1.75. The molecule has 21 heavy (non-hydrogen) atoms. The van der Waals surface area contributed by atoms with Crippen LogP contribution in [-0.2, 0) is 9.53 Å². The van der Waals surface area contributed by atoms with Gasteiger partial charge in [-0.3, -0.25) is 9.69 Å². The molecule has 1 spiro atoms. The molecule has 0 unspecified atom stereocenters. The number of carbonyl (C=O) groups is 2. The van der Waals surface area contributed by atoms with Crippen LogP contribution in [0, 0.1) is 0 Å². The van der Waals surface area contributed by atoms with Gasteiger partial charge in [0.25, 0.3) is 0 Å². The third kappa shape index (κ3) is 3.35. The van der Waals surface area contributed by atoms with Crippen LogP contribution in [0.2, 0.25) is 0 Å². The van der Waals surface area contributed by atoms with Crippen LogP contribution in [-0.4, -0.2) is 40.4 Å². The summed E-state index contributed by atoms with van der Waals surface area (Å²) < 4.78 is 32.2. The van der Waals surface area contributed by atoms with E-state index in [1.165, 1.54) is 4.90 Å². The van der Waals surface area contributed by atoms with Crippen LogP contribution >= 0.6 is 0 Å². The minimum absolute atomic E-state index is 0.0259. The molecule has 1 aliphatic carbocycles. The van der Waals surface area contributed by atoms with Gasteiger partial charge in [0.1, 0.15) is 11.1 Å². The predicted octanol–water partition coefficient (Wildman–Crippen LogP) is 3.53. The highest BCUT2D eigenvalue weighted by atomic mass is 19.3. The average Bonchev–Trinajstić information content (AvgIpc) is 2.33. The number of nitrogens with zero attached hydrogens (tertiary/aromatic N) is 1. The number of halogens is 2. The Morgan fingerprint density at radius 2 is 1.76 bits per heavy atom. The third-order valence-corrected chi connectivity index (χ3v) is 4.24. The van der Waals surface area contributed by atoms with Gasteiger partial charge in [-0.1, -0.05) is 0 Å². The van der Waals surface area contributed by atoms with E-state index in [0.29, 0.717) is 19.4 Å². The molecule has 1 amide bonds. The predicted molar refractivity (Wildman–Crippen MR) is 73.3 cm³/mol. The second-order valence-electron chi connectivity index (χ2n) is 7.05. The van der Waals surface area contributed by atoms with Gasteiger partial charge in [-0.05, 0) is 40.0 Å². The van der Waals surface area contributed by atoms with Crippen LogP contribution in [0.15, 0.2) is 0 Å². The molecule has 0 atom stereocenters. The van der Waals surface area contributed by atoms with Crippen molar-refractivity contribution < 1.29 is 23.1 Å². The van der Waals surface area contributed by atoms with Crippen LogP contribution < -0.4 is 0 Å². The number of carbonyl (C=O) groups excluding carboxylic acids is 2. The van der Waals surface area contributed by atoms with Gasteiger partial charge >= 0.3 is 6.09 Å². The van der Waals surface area contributed by atoms with Gasteiger partial charge in [0.15, 0.2) is 5.78 Å². The second kappa shape index (κ2) is 5.21. The number of ether oxygens (including phenoxy) is 1. The highest BCUT2D eigenvalue weighted by molar-refractivity contribution is 5.92. The smallest absolute Gasteiger partial charge is 0.411 e. The van der Waals surface area contributed by atoms with Gasteiger partial charge in [0.05, 0.1) is 0 Å². The summed E-state index contributed by atoms with van der Waals surface area (Å²) in [6, 6.07) is 0. The number of amides is 1. The second-order valence-corrected chi connectivity index (χ2v) is 7.05. The van der Waals surface area contributed by atoms with Crippen molar-refractivity contribution in [3.05, 3.63) is 0 Å². The van der Waals surface area contributed by atoms with Gasteiger partial charge in [-0.2, -0.15) is 0 Å². The number of hydrogen-bond donors (Lipinski definition) is 0. The normalized spacial score (nSPS) is 25.0. The zero-order valence-corrected chi connectivity index (χ0v) is 12.9. The Labute approximate surface area is 123 Å². The maximum absolute atomic E-state index is 13.4. The highest BCUT2D eigenvalue weighted by Crippen LogP contribution is 2.44. The van der Waals surface area contributed by atoms with Gasteiger partial charge in [-0.25, -0.2) is 13.6 Å². The number of alkyl halides is 2. The molecule has 120 valence electrons. The van der Waals surface area contributed by atoms with Crippen LogP contribution in [0.4, 0.5) is 13.6 Å². The summed E-state index contributed by atoms with van der Waals surface area (Å²) in [6.45, 7) is 5.64. The molecule has 1 saturated carbocycles. The van der Waals surface area contributed by atoms with Gasteiger partial charge in [-0.15, -0.1) is 0 Å². The van der Waals surface area contributed by atoms with E-state index in [2.05, 4.69) is 0 Å². The van der Waals surface area contributed by atoms with Crippen molar-refractivity contribution >= 4 is 11.9 Å². The highest BCUT2D eigenvalue weighted by Gasteiger charge is 2.54. The van der Waals surface area contributed by atoms with E-state index in [-0.39, 0.29) is 31.5 Å². The number of Topliss-reactive ketones (excluding diaryl/α,β-unsaturated/α-hetero) is 1. The molecular weight excluding hydrogens is 280 g/mol. The van der Waals surface area contributed by atoms with Gasteiger partial charge in [0.2, 0.25) is 5.92 Å². The maximum Gasteiger partial charge on any atom is 0.411 e. The first-order chi connectivity index (χ1) is 9.56. The Hall–Kier alpha value is -1.20. The van der Waals surface area contributed by atoms with E-state index < -0.39 is 23.2 Å². The van der Waals surface area contributed by atoms with E-state index in [1.807, 2.05) is 0 Å². The van der Waals surface area contributed by atoms with Crippen molar-refractivity contribution in [3.63, 3.8) is 0 Å². The summed E-state index contributed by atoms with van der Waals surface area (Å²) in [7, 11) is 0. The summed E-state index contributed by atoms with van der Waals surface area (Å²) in [4.78, 5) is 26.1. The van der Waals surface area contributed by atoms with Crippen molar-refractivity contribution in [2.24, 2.45) is 0 Å². The molecule has 0 bridgehead atoms. The fourth-order valence-electron chi connectivity index (χ4n) is 3.16. The maximum atomic E-state index is 13.4. The van der Waals surface area contributed by atoms with Crippen LogP contribution in [0.5, 0.6) is 0 Å². The number of ketones is 1. The Morgan fingerprint density at radius 3 is 2.29 bits per heavy atom. The van der Waals surface area contributed by atoms with Crippen LogP contribution in [0.1, 0.15) is 59.3 Å². The zero-order valence-electron chi connectivity index (χ0n) is 12.9. The fourth-order valence-corrected chi connectivity index (χ4v) is 3.16. The lowest BCUT2D eigenvalue weighted by Crippen LogP contribution is -2.62. The lowest BCUT2D eigenvalue weighted by molar-refractivity contribution is -0.145. The Bertz CT molecular complexity index is 433. The lowest BCUT2D eigenvalue weighted by atomic mass is 9.73. The number of rotatable bonds is 0. The minimum Gasteiger partial charge on any atom is -0.444 e. The summed E-state index contributed by atoms with van der Waals surface area (Å²) in [5.74, 6) is -2.84. The fraction of sp³-hybridized carbons (Fsp3) is 0.867. The molecule has 0 aromatic rings. The Morgan fingerprint density at radius 1 is 1.19 bits per heavy atom. The molecule has 1 heterocycles. The largest absolute Gasteiger partial charge is 0.444 e. The first-order valence-corrected chi connectivity index (χ1v) is 7.48. The summed E-state index contributed by atoms with van der Waals surface area (Å²) in [5, 5.41) is 0. The molecule has 0 N–H and O–H groups in total. The van der Waals surface area contributed by atoms with Crippen molar-refractivity contribution in [1.82, 2.24) is 4.90 Å². The van der Waals surface area contributed by atoms with E-state index >= 15 is 0 Å². The Balaban J connectivity index is 2.22. The third-order valence-electron chi connectivity index (χ3n) is 4.24. The van der Waals surface area contributed by atoms with E-state index in [9.17, 15) is 18.4 Å². The molecule has 0 aromatic heterocycles. The van der Waals surface area contributed by atoms with Crippen molar-refractivity contribution in [1.29, 1.82) is 0 Å². The first kappa shape index (κ1) is 16.2. The number of piperidine rings is 1. The van der Waals surface area contributed by atoms with Crippen molar-refractivity contribution in [3.8, 4) is 0 Å². The van der Waals surface area contributed by atoms with Crippen LogP contribution in [0.25, 0.3) is 0 Å². The average molecular weight is 303 g/mol. The summed E-state index contributed by atoms with van der Waals surface area (Å²) >= 11 is 0. The molecule has 2 rings (SSSR count). The minimum atomic E-state index is -2.73. The van der Waals surface area contributed by atoms with Gasteiger partial charge in [0, 0.05) is 25.8 Å². The molecular formula is C15H23F2NO3. The van der Waals surface area contributed by atoms with E-state index in [4.69, 9.17) is 4.74 Å². The molecule has 1 saturated heterocycles. The van der Waals surface area contributed by atoms with Crippen LogP contribution in [0.3, 0.4) is 0 Å². The Kier molecular flexibility index (Phi) is 4.02. The zero-order chi connectivity index (χ0) is 15.9. The van der Waals surface area contributed by atoms with Gasteiger partial charge < -0.3 is 4.74 Å². The molecule has 6 heteroatoms. The molecule has 4 nitrogen and oxygen atoms in total. The number of hydrogen-bond acceptors (Lipinski definition) is 3. The van der Waals surface area contributed by atoms with Crippen molar-refractivity contribution in [2.75, 3.05) is 6.54 Å². The molecule has 2 fully saturated rings. The summed E-state index contributed by atoms with van der Waals surface area (Å²) in [6.07, 6.45) is -0.298. The molecule has 2 aliphatic rings. The molecule has 1 aliphatic heterocycles. The number of likely N-dealkylation sites (tertiary alicyclic amines) is 1. The first-order valence-electron chi connectivity index (χ1n) is 7.48. The quantitative estimate of drug-likeness (QED) is 0.687. The monoisotopic (exact) mass is 303 g/mol. The molecule has 0 radical (unpaired) electrons. The topological polar surface area (TPSA) is 46.6 Å². The van der Waals surface area contributed by atoms with E-state index in [0.717, 1.165) is 0 Å². The molecule has 0 aromatic carbocycles. The SMILES string of the molecule is CC(C)(C)OC(=O)N1CCCC(=O)C12CCC(F)(F)CC2. The van der Waals surface area contributed by atoms with Crippen molar-refractivity contribution in [2.45, 2.75) is 76.4 Å². The lowest BCUT2D eigenvalue weighted by Gasteiger charge is -2.49. The van der Waals surface area contributed by atoms with E-state index in [1.54, 1.807) is 20.8 Å².